The van der Waals surface area contributed by atoms with Crippen molar-refractivity contribution in [1.29, 1.82) is 0 Å². The Morgan fingerprint density at radius 2 is 1.93 bits per heavy atom. The third kappa shape index (κ3) is 8.12. The number of ether oxygens (including phenoxy) is 1. The van der Waals surface area contributed by atoms with Gasteiger partial charge in [-0.25, -0.2) is 0 Å². The summed E-state index contributed by atoms with van der Waals surface area (Å²) in [4.78, 5) is 0. The molecule has 0 rings (SSSR count). The van der Waals surface area contributed by atoms with Crippen LogP contribution in [0.4, 0.5) is 13.2 Å². The summed E-state index contributed by atoms with van der Waals surface area (Å²) >= 11 is 5.64. The van der Waals surface area contributed by atoms with Crippen LogP contribution in [0.2, 0.25) is 0 Å². The van der Waals surface area contributed by atoms with E-state index in [1.165, 1.54) is 12.2 Å². The Labute approximate surface area is 91.9 Å². The maximum absolute atomic E-state index is 11.9. The molecule has 0 saturated heterocycles. The Kier molecular flexibility index (Phi) is 6.17. The molecule has 15 heavy (non-hydrogen) atoms. The van der Waals surface area contributed by atoms with Gasteiger partial charge in [0.1, 0.15) is 5.76 Å². The van der Waals surface area contributed by atoms with Crippen LogP contribution >= 0.6 is 11.6 Å². The van der Waals surface area contributed by atoms with Gasteiger partial charge in [-0.05, 0) is 26.0 Å². The lowest BCUT2D eigenvalue weighted by molar-refractivity contribution is -0.163. The average Bonchev–Trinajstić information content (AvgIpc) is 2.13. The first-order valence-corrected chi connectivity index (χ1v) is 4.62. The summed E-state index contributed by atoms with van der Waals surface area (Å²) in [5, 5.41) is 0.324. The zero-order chi connectivity index (χ0) is 11.9. The number of halogens is 4. The van der Waals surface area contributed by atoms with Gasteiger partial charge < -0.3 is 4.74 Å². The SMILES string of the molecule is C\C=C/C(=C\C(Cl)=C\C)OCC(F)(F)F. The first-order valence-electron chi connectivity index (χ1n) is 4.25. The Morgan fingerprint density at radius 3 is 2.33 bits per heavy atom. The fraction of sp³-hybridized carbons (Fsp3) is 0.400. The number of hydrogen-bond donors (Lipinski definition) is 0. The maximum atomic E-state index is 11.9. The van der Waals surface area contributed by atoms with Gasteiger partial charge in [0.05, 0.1) is 0 Å². The highest BCUT2D eigenvalue weighted by molar-refractivity contribution is 6.31. The molecule has 0 atom stereocenters. The first-order chi connectivity index (χ1) is 6.89. The number of allylic oxidation sites excluding steroid dienone is 5. The lowest BCUT2D eigenvalue weighted by Crippen LogP contribution is -2.16. The summed E-state index contributed by atoms with van der Waals surface area (Å²) in [5.74, 6) is 0.0814. The Morgan fingerprint density at radius 1 is 1.33 bits per heavy atom. The molecule has 86 valence electrons. The minimum absolute atomic E-state index is 0.0814. The van der Waals surface area contributed by atoms with Crippen molar-refractivity contribution < 1.29 is 17.9 Å². The highest BCUT2D eigenvalue weighted by Crippen LogP contribution is 2.18. The Hall–Kier alpha value is -0.900. The van der Waals surface area contributed by atoms with E-state index in [2.05, 4.69) is 4.74 Å². The minimum atomic E-state index is -4.34. The quantitative estimate of drug-likeness (QED) is 0.529. The number of rotatable bonds is 4. The minimum Gasteiger partial charge on any atom is -0.484 e. The largest absolute Gasteiger partial charge is 0.484 e. The third-order valence-corrected chi connectivity index (χ3v) is 1.62. The molecule has 0 unspecified atom stereocenters. The van der Waals surface area contributed by atoms with Gasteiger partial charge in [-0.1, -0.05) is 23.8 Å². The van der Waals surface area contributed by atoms with Crippen LogP contribution in [0, 0.1) is 0 Å². The van der Waals surface area contributed by atoms with Crippen molar-refractivity contribution in [3.8, 4) is 0 Å². The fourth-order valence-electron chi connectivity index (χ4n) is 0.687. The van der Waals surface area contributed by atoms with E-state index in [4.69, 9.17) is 11.6 Å². The second-order valence-electron chi connectivity index (χ2n) is 2.62. The van der Waals surface area contributed by atoms with Crippen LogP contribution in [-0.4, -0.2) is 12.8 Å². The molecular weight excluding hydrogens is 229 g/mol. The maximum Gasteiger partial charge on any atom is 0.422 e. The average molecular weight is 241 g/mol. The van der Waals surface area contributed by atoms with Crippen LogP contribution in [0.3, 0.4) is 0 Å². The predicted molar refractivity (Wildman–Crippen MR) is 54.5 cm³/mol. The van der Waals surface area contributed by atoms with Crippen LogP contribution in [-0.2, 0) is 4.74 Å². The van der Waals surface area contributed by atoms with Crippen LogP contribution in [0.5, 0.6) is 0 Å². The lowest BCUT2D eigenvalue weighted by atomic mass is 10.3. The van der Waals surface area contributed by atoms with Crippen molar-refractivity contribution in [2.24, 2.45) is 0 Å². The van der Waals surface area contributed by atoms with Crippen molar-refractivity contribution in [2.45, 2.75) is 20.0 Å². The summed E-state index contributed by atoms with van der Waals surface area (Å²) in [6, 6.07) is 0. The van der Waals surface area contributed by atoms with Crippen molar-refractivity contribution in [2.75, 3.05) is 6.61 Å². The molecule has 0 aliphatic heterocycles. The second-order valence-corrected chi connectivity index (χ2v) is 3.06. The molecule has 0 aromatic heterocycles. The van der Waals surface area contributed by atoms with Crippen molar-refractivity contribution >= 4 is 11.6 Å². The standard InChI is InChI=1S/C10H12ClF3O/c1-3-5-9(6-8(11)4-2)15-7-10(12,13)14/h3-6H,7H2,1-2H3/b5-3-,8-4-,9-6+. The van der Waals surface area contributed by atoms with E-state index in [0.717, 1.165) is 0 Å². The van der Waals surface area contributed by atoms with E-state index in [1.807, 2.05) is 0 Å². The smallest absolute Gasteiger partial charge is 0.422 e. The fourth-order valence-corrected chi connectivity index (χ4v) is 0.794. The zero-order valence-electron chi connectivity index (χ0n) is 8.44. The van der Waals surface area contributed by atoms with E-state index in [1.54, 1.807) is 26.0 Å². The normalized spacial score (nSPS) is 14.8. The molecule has 0 bridgehead atoms. The van der Waals surface area contributed by atoms with E-state index >= 15 is 0 Å². The molecule has 0 N–H and O–H groups in total. The molecule has 0 aliphatic rings. The molecule has 0 radical (unpaired) electrons. The predicted octanol–water partition coefficient (Wildman–Crippen LogP) is 4.17. The van der Waals surface area contributed by atoms with Crippen molar-refractivity contribution in [3.63, 3.8) is 0 Å². The molecule has 0 spiro atoms. The number of alkyl halides is 3. The Balaban J connectivity index is 4.49. The second kappa shape index (κ2) is 6.56. The van der Waals surface area contributed by atoms with Gasteiger partial charge in [0.25, 0.3) is 0 Å². The molecule has 0 aromatic rings. The van der Waals surface area contributed by atoms with Crippen LogP contribution < -0.4 is 0 Å². The molecule has 0 amide bonds. The molecule has 0 heterocycles. The van der Waals surface area contributed by atoms with E-state index in [9.17, 15) is 13.2 Å². The van der Waals surface area contributed by atoms with Gasteiger partial charge >= 0.3 is 6.18 Å². The molecule has 5 heteroatoms. The number of hydrogen-bond acceptors (Lipinski definition) is 1. The van der Waals surface area contributed by atoms with E-state index in [0.29, 0.717) is 5.03 Å². The third-order valence-electron chi connectivity index (χ3n) is 1.29. The van der Waals surface area contributed by atoms with Crippen molar-refractivity contribution in [3.05, 3.63) is 35.1 Å². The monoisotopic (exact) mass is 240 g/mol. The zero-order valence-corrected chi connectivity index (χ0v) is 9.19. The van der Waals surface area contributed by atoms with E-state index < -0.39 is 12.8 Å². The first kappa shape index (κ1) is 14.1. The molecule has 0 fully saturated rings. The summed E-state index contributed by atoms with van der Waals surface area (Å²) < 4.78 is 40.1. The summed E-state index contributed by atoms with van der Waals surface area (Å²) in [6.45, 7) is 2.03. The molecular formula is C10H12ClF3O. The van der Waals surface area contributed by atoms with E-state index in [-0.39, 0.29) is 5.76 Å². The lowest BCUT2D eigenvalue weighted by Gasteiger charge is -2.09. The molecule has 0 saturated carbocycles. The van der Waals surface area contributed by atoms with Gasteiger partial charge in [-0.3, -0.25) is 0 Å². The summed E-state index contributed by atoms with van der Waals surface area (Å²) in [7, 11) is 0. The highest BCUT2D eigenvalue weighted by atomic mass is 35.5. The van der Waals surface area contributed by atoms with Crippen LogP contribution in [0.25, 0.3) is 0 Å². The molecule has 0 aliphatic carbocycles. The van der Waals surface area contributed by atoms with Gasteiger partial charge in [-0.2, -0.15) is 13.2 Å². The highest BCUT2D eigenvalue weighted by Gasteiger charge is 2.28. The Bertz CT molecular complexity index is 277. The van der Waals surface area contributed by atoms with Crippen molar-refractivity contribution in [1.82, 2.24) is 0 Å². The van der Waals surface area contributed by atoms with Crippen LogP contribution in [0.15, 0.2) is 35.1 Å². The van der Waals surface area contributed by atoms with Gasteiger partial charge in [0, 0.05) is 5.03 Å². The van der Waals surface area contributed by atoms with Crippen LogP contribution in [0.1, 0.15) is 13.8 Å². The molecule has 1 nitrogen and oxygen atoms in total. The van der Waals surface area contributed by atoms with Gasteiger partial charge in [0.15, 0.2) is 6.61 Å². The molecule has 0 aromatic carbocycles. The summed E-state index contributed by atoms with van der Waals surface area (Å²) in [5.41, 5.74) is 0. The topological polar surface area (TPSA) is 9.23 Å². The van der Waals surface area contributed by atoms with Gasteiger partial charge in [-0.15, -0.1) is 0 Å². The summed E-state index contributed by atoms with van der Waals surface area (Å²) in [6.07, 6.45) is 1.53. The van der Waals surface area contributed by atoms with Gasteiger partial charge in [0.2, 0.25) is 0 Å².